The Morgan fingerprint density at radius 2 is 2.20 bits per heavy atom. The van der Waals surface area contributed by atoms with Crippen LogP contribution < -0.4 is 0 Å². The maximum atomic E-state index is 5.36. The average molecular weight is 202 g/mol. The van der Waals surface area contributed by atoms with Crippen molar-refractivity contribution in [3.05, 3.63) is 36.9 Å². The van der Waals surface area contributed by atoms with Crippen LogP contribution in [0.5, 0.6) is 0 Å². The van der Waals surface area contributed by atoms with Crippen molar-refractivity contribution in [3.63, 3.8) is 0 Å². The molecule has 0 aromatic carbocycles. The first-order valence-corrected chi connectivity index (χ1v) is 4.31. The highest BCUT2D eigenvalue weighted by atomic mass is 16.4. The van der Waals surface area contributed by atoms with E-state index in [2.05, 4.69) is 15.3 Å². The standard InChI is InChI=1S/C9H6N4O2/c1-3-7(14-6-1)8-11-12-9(15-8)13-5-2-4-10-13/h1-6H. The number of hydrogen-bond donors (Lipinski definition) is 0. The Labute approximate surface area is 84.1 Å². The van der Waals surface area contributed by atoms with Gasteiger partial charge in [-0.1, -0.05) is 5.10 Å². The van der Waals surface area contributed by atoms with E-state index in [4.69, 9.17) is 8.83 Å². The lowest BCUT2D eigenvalue weighted by molar-refractivity contribution is 0.491. The fourth-order valence-corrected chi connectivity index (χ4v) is 1.19. The van der Waals surface area contributed by atoms with Gasteiger partial charge in [0.15, 0.2) is 5.76 Å². The van der Waals surface area contributed by atoms with Gasteiger partial charge in [0.25, 0.3) is 5.89 Å². The highest BCUT2D eigenvalue weighted by Gasteiger charge is 2.11. The molecule has 0 aliphatic carbocycles. The molecule has 6 heteroatoms. The maximum Gasteiger partial charge on any atom is 0.343 e. The molecule has 0 atom stereocenters. The molecule has 3 rings (SSSR count). The number of hydrogen-bond acceptors (Lipinski definition) is 5. The zero-order valence-electron chi connectivity index (χ0n) is 7.57. The summed E-state index contributed by atoms with van der Waals surface area (Å²) in [4.78, 5) is 0. The molecule has 3 heterocycles. The summed E-state index contributed by atoms with van der Waals surface area (Å²) in [5, 5.41) is 11.7. The van der Waals surface area contributed by atoms with Crippen LogP contribution in [0.25, 0.3) is 17.7 Å². The van der Waals surface area contributed by atoms with E-state index in [0.717, 1.165) is 0 Å². The van der Waals surface area contributed by atoms with Gasteiger partial charge in [0.2, 0.25) is 0 Å². The maximum absolute atomic E-state index is 5.36. The summed E-state index contributed by atoms with van der Waals surface area (Å²) in [6.07, 6.45) is 4.91. The van der Waals surface area contributed by atoms with Gasteiger partial charge in [0.05, 0.1) is 6.26 Å². The molecule has 0 N–H and O–H groups in total. The number of aromatic nitrogens is 4. The van der Waals surface area contributed by atoms with Crippen LogP contribution in [0.15, 0.2) is 45.7 Å². The molecule has 3 aromatic heterocycles. The summed E-state index contributed by atoms with van der Waals surface area (Å²) in [5.74, 6) is 0.881. The number of furan rings is 1. The summed E-state index contributed by atoms with van der Waals surface area (Å²) in [6, 6.07) is 5.59. The van der Waals surface area contributed by atoms with E-state index in [1.807, 2.05) is 0 Å². The predicted octanol–water partition coefficient (Wildman–Crippen LogP) is 1.52. The second-order valence-corrected chi connectivity index (χ2v) is 2.82. The third kappa shape index (κ3) is 1.32. The minimum atomic E-state index is 0.311. The van der Waals surface area contributed by atoms with Crippen LogP contribution in [0.2, 0.25) is 0 Å². The fourth-order valence-electron chi connectivity index (χ4n) is 1.19. The van der Waals surface area contributed by atoms with Gasteiger partial charge in [-0.15, -0.1) is 5.10 Å². The fraction of sp³-hybridized carbons (Fsp3) is 0. The Morgan fingerprint density at radius 3 is 2.93 bits per heavy atom. The van der Waals surface area contributed by atoms with Gasteiger partial charge < -0.3 is 8.83 Å². The summed E-state index contributed by atoms with van der Waals surface area (Å²) in [5.41, 5.74) is 0. The van der Waals surface area contributed by atoms with E-state index in [9.17, 15) is 0 Å². The van der Waals surface area contributed by atoms with Gasteiger partial charge in [-0.3, -0.25) is 0 Å². The van der Waals surface area contributed by atoms with Crippen LogP contribution in [0.1, 0.15) is 0 Å². The molecule has 15 heavy (non-hydrogen) atoms. The molecule has 3 aromatic rings. The predicted molar refractivity (Wildman–Crippen MR) is 49.1 cm³/mol. The van der Waals surface area contributed by atoms with Crippen LogP contribution in [-0.2, 0) is 0 Å². The van der Waals surface area contributed by atoms with E-state index in [-0.39, 0.29) is 0 Å². The van der Waals surface area contributed by atoms with E-state index >= 15 is 0 Å². The molecule has 0 saturated heterocycles. The quantitative estimate of drug-likeness (QED) is 0.630. The first-order valence-electron chi connectivity index (χ1n) is 4.31. The van der Waals surface area contributed by atoms with Crippen LogP contribution >= 0.6 is 0 Å². The Morgan fingerprint density at radius 1 is 1.20 bits per heavy atom. The van der Waals surface area contributed by atoms with Crippen molar-refractivity contribution >= 4 is 0 Å². The molecular formula is C9H6N4O2. The molecule has 0 amide bonds. The minimum absolute atomic E-state index is 0.311. The SMILES string of the molecule is c1coc(-c2nnc(-n3cccn3)o2)c1. The van der Waals surface area contributed by atoms with Crippen molar-refractivity contribution in [1.82, 2.24) is 20.0 Å². The monoisotopic (exact) mass is 202 g/mol. The van der Waals surface area contributed by atoms with E-state index in [1.165, 1.54) is 4.68 Å². The number of nitrogens with zero attached hydrogens (tertiary/aromatic N) is 4. The first-order chi connectivity index (χ1) is 7.43. The third-order valence-electron chi connectivity index (χ3n) is 1.85. The molecular weight excluding hydrogens is 196 g/mol. The summed E-state index contributed by atoms with van der Waals surface area (Å²) in [6.45, 7) is 0. The Bertz CT molecular complexity index is 490. The van der Waals surface area contributed by atoms with E-state index in [1.54, 1.807) is 36.9 Å². The largest absolute Gasteiger partial charge is 0.459 e. The van der Waals surface area contributed by atoms with Crippen molar-refractivity contribution in [3.8, 4) is 17.7 Å². The summed E-state index contributed by atoms with van der Waals surface area (Å²) in [7, 11) is 0. The zero-order chi connectivity index (χ0) is 10.1. The van der Waals surface area contributed by atoms with Gasteiger partial charge >= 0.3 is 6.01 Å². The number of rotatable bonds is 2. The molecule has 0 spiro atoms. The Hall–Kier alpha value is -2.37. The topological polar surface area (TPSA) is 69.9 Å². The summed E-state index contributed by atoms with van der Waals surface area (Å²) >= 11 is 0. The molecule has 74 valence electrons. The molecule has 0 saturated carbocycles. The zero-order valence-corrected chi connectivity index (χ0v) is 7.57. The highest BCUT2D eigenvalue weighted by molar-refractivity contribution is 5.43. The van der Waals surface area contributed by atoms with Crippen LogP contribution in [-0.4, -0.2) is 20.0 Å². The Kier molecular flexibility index (Phi) is 1.64. The van der Waals surface area contributed by atoms with Gasteiger partial charge in [0, 0.05) is 12.4 Å². The average Bonchev–Trinajstić information content (AvgIpc) is 3.02. The Balaban J connectivity index is 2.02. The highest BCUT2D eigenvalue weighted by Crippen LogP contribution is 2.18. The van der Waals surface area contributed by atoms with Crippen molar-refractivity contribution in [2.75, 3.05) is 0 Å². The second kappa shape index (κ2) is 3.09. The minimum Gasteiger partial charge on any atom is -0.459 e. The first kappa shape index (κ1) is 7.98. The van der Waals surface area contributed by atoms with E-state index in [0.29, 0.717) is 17.7 Å². The second-order valence-electron chi connectivity index (χ2n) is 2.82. The summed E-state index contributed by atoms with van der Waals surface area (Å²) < 4.78 is 12.0. The van der Waals surface area contributed by atoms with Crippen molar-refractivity contribution in [1.29, 1.82) is 0 Å². The molecule has 0 fully saturated rings. The van der Waals surface area contributed by atoms with Gasteiger partial charge in [-0.25, -0.2) is 0 Å². The lowest BCUT2D eigenvalue weighted by Crippen LogP contribution is -1.93. The van der Waals surface area contributed by atoms with Crippen LogP contribution in [0.3, 0.4) is 0 Å². The molecule has 0 aliphatic heterocycles. The van der Waals surface area contributed by atoms with Gasteiger partial charge in [-0.05, 0) is 18.2 Å². The molecule has 0 unspecified atom stereocenters. The molecule has 0 aliphatic rings. The molecule has 0 radical (unpaired) electrons. The van der Waals surface area contributed by atoms with Crippen molar-refractivity contribution in [2.24, 2.45) is 0 Å². The van der Waals surface area contributed by atoms with Crippen molar-refractivity contribution < 1.29 is 8.83 Å². The van der Waals surface area contributed by atoms with Gasteiger partial charge in [0.1, 0.15) is 0 Å². The smallest absolute Gasteiger partial charge is 0.343 e. The molecule has 0 bridgehead atoms. The molecule has 6 nitrogen and oxygen atoms in total. The normalized spacial score (nSPS) is 10.7. The van der Waals surface area contributed by atoms with Crippen LogP contribution in [0.4, 0.5) is 0 Å². The van der Waals surface area contributed by atoms with Gasteiger partial charge in [-0.2, -0.15) is 9.78 Å². The third-order valence-corrected chi connectivity index (χ3v) is 1.85. The van der Waals surface area contributed by atoms with Crippen molar-refractivity contribution in [2.45, 2.75) is 0 Å². The van der Waals surface area contributed by atoms with Crippen LogP contribution in [0, 0.1) is 0 Å². The lowest BCUT2D eigenvalue weighted by Gasteiger charge is -1.89. The van der Waals surface area contributed by atoms with E-state index < -0.39 is 0 Å². The lowest BCUT2D eigenvalue weighted by atomic mass is 10.5.